The first-order valence-corrected chi connectivity index (χ1v) is 9.99. The van der Waals surface area contributed by atoms with Crippen LogP contribution in [-0.4, -0.2) is 38.5 Å². The molecule has 0 aliphatic carbocycles. The molecular weight excluding hydrogens is 453 g/mol. The van der Waals surface area contributed by atoms with Crippen molar-refractivity contribution in [2.45, 2.75) is 0 Å². The van der Waals surface area contributed by atoms with Crippen LogP contribution in [0.5, 0.6) is 11.5 Å². The van der Waals surface area contributed by atoms with Crippen molar-refractivity contribution in [1.82, 2.24) is 0 Å². The highest BCUT2D eigenvalue weighted by Crippen LogP contribution is 2.34. The fraction of sp³-hybridized carbons (Fsp3) is 0.125. The van der Waals surface area contributed by atoms with E-state index in [1.165, 1.54) is 44.6 Å². The third-order valence-electron chi connectivity index (χ3n) is 4.61. The minimum Gasteiger partial charge on any atom is -0.493 e. The molecule has 1 amide bonds. The van der Waals surface area contributed by atoms with Gasteiger partial charge in [-0.1, -0.05) is 23.7 Å². The van der Waals surface area contributed by atoms with Gasteiger partial charge in [0.15, 0.2) is 23.9 Å². The molecule has 0 saturated heterocycles. The Kier molecular flexibility index (Phi) is 7.63. The van der Waals surface area contributed by atoms with Crippen LogP contribution in [0.3, 0.4) is 0 Å². The number of anilines is 1. The van der Waals surface area contributed by atoms with Crippen LogP contribution in [0.1, 0.15) is 31.1 Å². The standard InChI is InChI=1S/C24H19ClFNO6/c1-31-21-11-17(24(30)33-13-20(28)14-7-9-15(26)10-8-14)19(12-22(21)32-2)27-23(29)16-5-3-4-6-18(16)25/h3-12H,13H2,1-2H3,(H,27,29). The third kappa shape index (κ3) is 5.67. The van der Waals surface area contributed by atoms with Gasteiger partial charge in [-0.2, -0.15) is 0 Å². The van der Waals surface area contributed by atoms with E-state index in [9.17, 15) is 18.8 Å². The summed E-state index contributed by atoms with van der Waals surface area (Å²) in [5.41, 5.74) is 0.375. The van der Waals surface area contributed by atoms with E-state index in [1.807, 2.05) is 0 Å². The van der Waals surface area contributed by atoms with Gasteiger partial charge in [0.25, 0.3) is 5.91 Å². The normalized spacial score (nSPS) is 10.3. The molecular formula is C24H19ClFNO6. The Hall–Kier alpha value is -3.91. The van der Waals surface area contributed by atoms with Crippen molar-refractivity contribution in [2.24, 2.45) is 0 Å². The Bertz CT molecular complexity index is 1200. The number of carbonyl (C=O) groups is 3. The maximum atomic E-state index is 13.1. The summed E-state index contributed by atoms with van der Waals surface area (Å²) in [5, 5.41) is 2.84. The second-order valence-corrected chi connectivity index (χ2v) is 7.10. The molecule has 1 N–H and O–H groups in total. The summed E-state index contributed by atoms with van der Waals surface area (Å²) >= 11 is 6.09. The maximum Gasteiger partial charge on any atom is 0.340 e. The number of amides is 1. The molecule has 0 atom stereocenters. The SMILES string of the molecule is COc1cc(NC(=O)c2ccccc2Cl)c(C(=O)OCC(=O)c2ccc(F)cc2)cc1OC. The van der Waals surface area contributed by atoms with Crippen LogP contribution < -0.4 is 14.8 Å². The molecule has 0 heterocycles. The van der Waals surface area contributed by atoms with Gasteiger partial charge in [0, 0.05) is 17.7 Å². The Labute approximate surface area is 194 Å². The molecule has 3 aromatic rings. The van der Waals surface area contributed by atoms with E-state index in [-0.39, 0.29) is 38.9 Å². The largest absolute Gasteiger partial charge is 0.493 e. The van der Waals surface area contributed by atoms with Gasteiger partial charge in [-0.05, 0) is 36.4 Å². The van der Waals surface area contributed by atoms with Crippen LogP contribution in [0.15, 0.2) is 60.7 Å². The lowest BCUT2D eigenvalue weighted by molar-refractivity contribution is 0.0475. The quantitative estimate of drug-likeness (QED) is 0.375. The summed E-state index contributed by atoms with van der Waals surface area (Å²) in [6.07, 6.45) is 0. The summed E-state index contributed by atoms with van der Waals surface area (Å²) in [4.78, 5) is 37.8. The number of Topliss-reactive ketones (excluding diaryl/α,β-unsaturated/α-hetero) is 1. The zero-order valence-corrected chi connectivity index (χ0v) is 18.4. The number of halogens is 2. The molecule has 3 aromatic carbocycles. The topological polar surface area (TPSA) is 90.9 Å². The van der Waals surface area contributed by atoms with Crippen LogP contribution in [0.2, 0.25) is 5.02 Å². The highest BCUT2D eigenvalue weighted by molar-refractivity contribution is 6.34. The Morgan fingerprint density at radius 1 is 0.909 bits per heavy atom. The number of hydrogen-bond donors (Lipinski definition) is 1. The van der Waals surface area contributed by atoms with Crippen molar-refractivity contribution < 1.29 is 33.0 Å². The zero-order valence-electron chi connectivity index (χ0n) is 17.7. The van der Waals surface area contributed by atoms with Gasteiger partial charge in [-0.3, -0.25) is 9.59 Å². The predicted molar refractivity (Wildman–Crippen MR) is 120 cm³/mol. The molecule has 7 nitrogen and oxygen atoms in total. The minimum absolute atomic E-state index is 0.0665. The summed E-state index contributed by atoms with van der Waals surface area (Å²) in [7, 11) is 2.78. The van der Waals surface area contributed by atoms with Gasteiger partial charge in [0.2, 0.25) is 0 Å². The average Bonchev–Trinajstić information content (AvgIpc) is 2.82. The molecule has 0 spiro atoms. The Morgan fingerprint density at radius 2 is 1.55 bits per heavy atom. The molecule has 33 heavy (non-hydrogen) atoms. The Balaban J connectivity index is 1.86. The zero-order chi connectivity index (χ0) is 24.0. The number of benzene rings is 3. The molecule has 0 aromatic heterocycles. The fourth-order valence-electron chi connectivity index (χ4n) is 2.91. The molecule has 9 heteroatoms. The number of methoxy groups -OCH3 is 2. The van der Waals surface area contributed by atoms with E-state index in [0.717, 1.165) is 12.1 Å². The summed E-state index contributed by atoms with van der Waals surface area (Å²) in [6.45, 7) is -0.587. The van der Waals surface area contributed by atoms with E-state index in [0.29, 0.717) is 0 Å². The van der Waals surface area contributed by atoms with Crippen LogP contribution in [-0.2, 0) is 4.74 Å². The van der Waals surface area contributed by atoms with Gasteiger partial charge in [-0.25, -0.2) is 9.18 Å². The smallest absolute Gasteiger partial charge is 0.340 e. The van der Waals surface area contributed by atoms with Gasteiger partial charge < -0.3 is 19.5 Å². The predicted octanol–water partition coefficient (Wildman–Crippen LogP) is 4.79. The number of ketones is 1. The third-order valence-corrected chi connectivity index (χ3v) is 4.94. The number of carbonyl (C=O) groups excluding carboxylic acids is 3. The number of hydrogen-bond acceptors (Lipinski definition) is 6. The van der Waals surface area contributed by atoms with Crippen molar-refractivity contribution in [1.29, 1.82) is 0 Å². The van der Waals surface area contributed by atoms with Crippen molar-refractivity contribution in [2.75, 3.05) is 26.1 Å². The van der Waals surface area contributed by atoms with E-state index >= 15 is 0 Å². The molecule has 0 aliphatic heterocycles. The van der Waals surface area contributed by atoms with Crippen LogP contribution in [0.4, 0.5) is 10.1 Å². The first kappa shape index (κ1) is 23.7. The van der Waals surface area contributed by atoms with E-state index in [4.69, 9.17) is 25.8 Å². The van der Waals surface area contributed by atoms with E-state index in [1.54, 1.807) is 18.2 Å². The number of esters is 1. The van der Waals surface area contributed by atoms with Gasteiger partial charge in [0.1, 0.15) is 5.82 Å². The van der Waals surface area contributed by atoms with Crippen LogP contribution >= 0.6 is 11.6 Å². The van der Waals surface area contributed by atoms with Crippen molar-refractivity contribution in [3.63, 3.8) is 0 Å². The molecule has 0 fully saturated rings. The van der Waals surface area contributed by atoms with Crippen molar-refractivity contribution in [3.05, 3.63) is 88.2 Å². The molecule has 0 saturated carbocycles. The molecule has 0 radical (unpaired) electrons. The monoisotopic (exact) mass is 471 g/mol. The van der Waals surface area contributed by atoms with Gasteiger partial charge in [0.05, 0.1) is 36.1 Å². The van der Waals surface area contributed by atoms with Crippen LogP contribution in [0, 0.1) is 5.82 Å². The lowest BCUT2D eigenvalue weighted by Crippen LogP contribution is -2.19. The molecule has 0 bridgehead atoms. The lowest BCUT2D eigenvalue weighted by atomic mass is 10.1. The molecule has 0 unspecified atom stereocenters. The molecule has 170 valence electrons. The van der Waals surface area contributed by atoms with E-state index < -0.39 is 30.1 Å². The van der Waals surface area contributed by atoms with Gasteiger partial charge in [-0.15, -0.1) is 0 Å². The lowest BCUT2D eigenvalue weighted by Gasteiger charge is -2.15. The summed E-state index contributed by atoms with van der Waals surface area (Å²) in [6, 6.07) is 14.0. The fourth-order valence-corrected chi connectivity index (χ4v) is 3.14. The second kappa shape index (κ2) is 10.6. The molecule has 0 aliphatic rings. The minimum atomic E-state index is -0.888. The number of ether oxygens (including phenoxy) is 3. The number of rotatable bonds is 8. The van der Waals surface area contributed by atoms with E-state index in [2.05, 4.69) is 5.32 Å². The van der Waals surface area contributed by atoms with Crippen molar-refractivity contribution in [3.8, 4) is 11.5 Å². The Morgan fingerprint density at radius 3 is 2.18 bits per heavy atom. The van der Waals surface area contributed by atoms with Gasteiger partial charge >= 0.3 is 5.97 Å². The maximum absolute atomic E-state index is 13.1. The first-order chi connectivity index (χ1) is 15.8. The highest BCUT2D eigenvalue weighted by atomic mass is 35.5. The summed E-state index contributed by atoms with van der Waals surface area (Å²) < 4.78 is 28.7. The molecule has 3 rings (SSSR count). The van der Waals surface area contributed by atoms with Crippen LogP contribution in [0.25, 0.3) is 0 Å². The van der Waals surface area contributed by atoms with Crippen molar-refractivity contribution >= 4 is 34.9 Å². The average molecular weight is 472 g/mol. The highest BCUT2D eigenvalue weighted by Gasteiger charge is 2.22. The second-order valence-electron chi connectivity index (χ2n) is 6.69. The summed E-state index contributed by atoms with van der Waals surface area (Å²) in [5.74, 6) is -2.00. The number of nitrogens with one attached hydrogen (secondary N) is 1. The first-order valence-electron chi connectivity index (χ1n) is 9.61.